The molecule has 0 spiro atoms. The predicted molar refractivity (Wildman–Crippen MR) is 108 cm³/mol. The average Bonchev–Trinajstić information content (AvgIpc) is 3.20. The van der Waals surface area contributed by atoms with Crippen LogP contribution < -0.4 is 10.3 Å². The Labute approximate surface area is 168 Å². The van der Waals surface area contributed by atoms with Crippen LogP contribution in [0.1, 0.15) is 23.7 Å². The molecule has 0 aliphatic carbocycles. The van der Waals surface area contributed by atoms with Gasteiger partial charge in [0, 0.05) is 12.1 Å². The second kappa shape index (κ2) is 9.01. The number of para-hydroxylation sites is 1. The van der Waals surface area contributed by atoms with Crippen LogP contribution in [-0.2, 0) is 19.1 Å². The summed E-state index contributed by atoms with van der Waals surface area (Å²) < 4.78 is 9.69. The third-order valence-corrected chi connectivity index (χ3v) is 4.32. The van der Waals surface area contributed by atoms with Crippen molar-refractivity contribution in [2.75, 3.05) is 24.0 Å². The Balaban J connectivity index is 1.79. The summed E-state index contributed by atoms with van der Waals surface area (Å²) in [6.45, 7) is 1.94. The minimum absolute atomic E-state index is 0.125. The van der Waals surface area contributed by atoms with Gasteiger partial charge in [0.25, 0.3) is 0 Å². The lowest BCUT2D eigenvalue weighted by Crippen LogP contribution is -2.38. The molecule has 29 heavy (non-hydrogen) atoms. The lowest BCUT2D eigenvalue weighted by Gasteiger charge is -2.22. The first-order chi connectivity index (χ1) is 14.0. The van der Waals surface area contributed by atoms with E-state index in [1.54, 1.807) is 31.2 Å². The number of anilines is 2. The quantitative estimate of drug-likeness (QED) is 0.755. The molecule has 0 bridgehead atoms. The third-order valence-electron chi connectivity index (χ3n) is 4.32. The lowest BCUT2D eigenvalue weighted by atomic mass is 10.1. The molecule has 0 aromatic heterocycles. The number of methoxy groups -OCH3 is 1. The van der Waals surface area contributed by atoms with Gasteiger partial charge in [0.05, 0.1) is 25.0 Å². The molecule has 8 nitrogen and oxygen atoms in total. The van der Waals surface area contributed by atoms with Gasteiger partial charge in [0.15, 0.2) is 0 Å². The molecule has 0 fully saturated rings. The summed E-state index contributed by atoms with van der Waals surface area (Å²) in [7, 11) is 1.30. The zero-order chi connectivity index (χ0) is 20.8. The second-order valence-corrected chi connectivity index (χ2v) is 6.23. The molecule has 150 valence electrons. The number of nitrogens with zero attached hydrogens (tertiary/aromatic N) is 2. The largest absolute Gasteiger partial charge is 0.465 e. The molecule has 3 rings (SSSR count). The maximum atomic E-state index is 12.9. The molecule has 1 heterocycles. The van der Waals surface area contributed by atoms with Gasteiger partial charge in [-0.2, -0.15) is 5.10 Å². The van der Waals surface area contributed by atoms with Gasteiger partial charge in [-0.15, -0.1) is 0 Å². The fraction of sp³-hybridized carbons (Fsp3) is 0.238. The van der Waals surface area contributed by atoms with Gasteiger partial charge < -0.3 is 14.8 Å². The highest BCUT2D eigenvalue weighted by molar-refractivity contribution is 6.38. The van der Waals surface area contributed by atoms with Gasteiger partial charge in [0.2, 0.25) is 5.91 Å². The van der Waals surface area contributed by atoms with E-state index in [1.807, 2.05) is 30.3 Å². The molecule has 0 saturated carbocycles. The van der Waals surface area contributed by atoms with Crippen LogP contribution in [-0.4, -0.2) is 43.3 Å². The van der Waals surface area contributed by atoms with E-state index < -0.39 is 18.0 Å². The molecule has 2 aromatic carbocycles. The number of hydrogen-bond acceptors (Lipinski definition) is 7. The van der Waals surface area contributed by atoms with E-state index in [1.165, 1.54) is 12.1 Å². The zero-order valence-corrected chi connectivity index (χ0v) is 16.1. The van der Waals surface area contributed by atoms with Gasteiger partial charge >= 0.3 is 11.9 Å². The minimum atomic E-state index is -0.711. The third kappa shape index (κ3) is 4.60. The summed E-state index contributed by atoms with van der Waals surface area (Å²) in [4.78, 5) is 36.6. The van der Waals surface area contributed by atoms with Crippen LogP contribution in [0, 0.1) is 0 Å². The molecule has 1 atom stereocenters. The predicted octanol–water partition coefficient (Wildman–Crippen LogP) is 2.61. The first-order valence-corrected chi connectivity index (χ1v) is 9.11. The zero-order valence-electron chi connectivity index (χ0n) is 16.1. The van der Waals surface area contributed by atoms with Gasteiger partial charge in [-0.3, -0.25) is 9.80 Å². The number of rotatable bonds is 6. The Morgan fingerprint density at radius 1 is 1.07 bits per heavy atom. The smallest absolute Gasteiger partial charge is 0.354 e. The van der Waals surface area contributed by atoms with Crippen molar-refractivity contribution in [3.05, 3.63) is 60.2 Å². The molecule has 1 amide bonds. The first-order valence-electron chi connectivity index (χ1n) is 9.11. The summed E-state index contributed by atoms with van der Waals surface area (Å²) in [5, 5.41) is 8.64. The standard InChI is InChI=1S/C21H21N3O5/c1-3-29-21(27)17-13-18(24(23-17)16-7-5-4-6-8-16)19(25)22-15-11-9-14(10-12-15)20(26)28-2/h4-12,18H,3,13H2,1-2H3,(H,22,25). The summed E-state index contributed by atoms with van der Waals surface area (Å²) in [5.74, 6) is -1.32. The molecular formula is C21H21N3O5. The van der Waals surface area contributed by atoms with Crippen molar-refractivity contribution in [2.24, 2.45) is 5.10 Å². The number of carbonyl (C=O) groups excluding carboxylic acids is 3. The van der Waals surface area contributed by atoms with Gasteiger partial charge in [0.1, 0.15) is 11.8 Å². The van der Waals surface area contributed by atoms with Crippen molar-refractivity contribution in [3.63, 3.8) is 0 Å². The molecule has 0 saturated heterocycles. The van der Waals surface area contributed by atoms with Crippen molar-refractivity contribution in [1.29, 1.82) is 0 Å². The average molecular weight is 395 g/mol. The fourth-order valence-corrected chi connectivity index (χ4v) is 2.90. The second-order valence-electron chi connectivity index (χ2n) is 6.23. The van der Waals surface area contributed by atoms with E-state index in [0.717, 1.165) is 0 Å². The van der Waals surface area contributed by atoms with Crippen LogP contribution in [0.25, 0.3) is 0 Å². The topological polar surface area (TPSA) is 97.3 Å². The molecule has 1 aliphatic rings. The number of nitrogens with one attached hydrogen (secondary N) is 1. The summed E-state index contributed by atoms with van der Waals surface area (Å²) >= 11 is 0. The van der Waals surface area contributed by atoms with Gasteiger partial charge in [-0.1, -0.05) is 18.2 Å². The maximum Gasteiger partial charge on any atom is 0.354 e. The number of carbonyl (C=O) groups is 3. The fourth-order valence-electron chi connectivity index (χ4n) is 2.90. The van der Waals surface area contributed by atoms with E-state index in [-0.39, 0.29) is 24.6 Å². The molecular weight excluding hydrogens is 374 g/mol. The van der Waals surface area contributed by atoms with E-state index >= 15 is 0 Å². The van der Waals surface area contributed by atoms with Crippen molar-refractivity contribution < 1.29 is 23.9 Å². The Kier molecular flexibility index (Phi) is 6.23. The van der Waals surface area contributed by atoms with Crippen LogP contribution in [0.15, 0.2) is 59.7 Å². The molecule has 2 aromatic rings. The molecule has 8 heteroatoms. The van der Waals surface area contributed by atoms with Crippen LogP contribution in [0.2, 0.25) is 0 Å². The van der Waals surface area contributed by atoms with E-state index in [9.17, 15) is 14.4 Å². The van der Waals surface area contributed by atoms with Crippen LogP contribution in [0.5, 0.6) is 0 Å². The molecule has 0 radical (unpaired) electrons. The number of ether oxygens (including phenoxy) is 2. The van der Waals surface area contributed by atoms with Crippen LogP contribution in [0.3, 0.4) is 0 Å². The number of amides is 1. The summed E-state index contributed by atoms with van der Waals surface area (Å²) in [6, 6.07) is 14.8. The molecule has 1 N–H and O–H groups in total. The Bertz CT molecular complexity index is 925. The first kappa shape index (κ1) is 20.1. The maximum absolute atomic E-state index is 12.9. The number of hydrogen-bond donors (Lipinski definition) is 1. The Morgan fingerprint density at radius 2 is 1.76 bits per heavy atom. The summed E-state index contributed by atoms with van der Waals surface area (Å²) in [6.07, 6.45) is 0.125. The van der Waals surface area contributed by atoms with Crippen LogP contribution >= 0.6 is 0 Å². The Hall–Kier alpha value is -3.68. The van der Waals surface area contributed by atoms with Crippen molar-refractivity contribution >= 4 is 34.9 Å². The van der Waals surface area contributed by atoms with Gasteiger partial charge in [-0.05, 0) is 43.3 Å². The molecule has 1 unspecified atom stereocenters. The lowest BCUT2D eigenvalue weighted by molar-refractivity contribution is -0.135. The number of benzene rings is 2. The van der Waals surface area contributed by atoms with Crippen molar-refractivity contribution in [1.82, 2.24) is 0 Å². The number of esters is 2. The minimum Gasteiger partial charge on any atom is -0.465 e. The van der Waals surface area contributed by atoms with Crippen molar-refractivity contribution in [3.8, 4) is 0 Å². The number of hydrazone groups is 1. The Morgan fingerprint density at radius 3 is 2.38 bits per heavy atom. The van der Waals surface area contributed by atoms with Crippen LogP contribution in [0.4, 0.5) is 11.4 Å². The highest BCUT2D eigenvalue weighted by Gasteiger charge is 2.36. The van der Waals surface area contributed by atoms with E-state index in [0.29, 0.717) is 16.9 Å². The van der Waals surface area contributed by atoms with Crippen molar-refractivity contribution in [2.45, 2.75) is 19.4 Å². The SMILES string of the molecule is CCOC(=O)C1=NN(c2ccccc2)C(C(=O)Nc2ccc(C(=O)OC)cc2)C1. The van der Waals surface area contributed by atoms with Gasteiger partial charge in [-0.25, -0.2) is 9.59 Å². The highest BCUT2D eigenvalue weighted by Crippen LogP contribution is 2.26. The monoisotopic (exact) mass is 395 g/mol. The molecule has 1 aliphatic heterocycles. The van der Waals surface area contributed by atoms with E-state index in [4.69, 9.17) is 4.74 Å². The van der Waals surface area contributed by atoms with E-state index in [2.05, 4.69) is 15.2 Å². The highest BCUT2D eigenvalue weighted by atomic mass is 16.5. The normalized spacial score (nSPS) is 15.4. The summed E-state index contributed by atoms with van der Waals surface area (Å²) in [5.41, 5.74) is 1.77.